The Balaban J connectivity index is 2.01. The molecule has 2 aromatic heterocycles. The van der Waals surface area contributed by atoms with Crippen LogP contribution in [-0.2, 0) is 6.54 Å². The van der Waals surface area contributed by atoms with Crippen molar-refractivity contribution in [2.24, 2.45) is 0 Å². The van der Waals surface area contributed by atoms with E-state index in [-0.39, 0.29) is 0 Å². The lowest BCUT2D eigenvalue weighted by Gasteiger charge is -2.10. The zero-order valence-corrected chi connectivity index (χ0v) is 13.9. The standard InChI is InChI=1S/C17H21N5O/c1-5-22-16-15(11(3)21-22)18-12(4)19-17(16)20-13-7-9-14(10-8-13)23-6-2/h7-10H,5-6H2,1-4H3,(H,18,19,20). The van der Waals surface area contributed by atoms with E-state index in [4.69, 9.17) is 4.74 Å². The van der Waals surface area contributed by atoms with Gasteiger partial charge in [-0.25, -0.2) is 9.97 Å². The van der Waals surface area contributed by atoms with E-state index in [9.17, 15) is 0 Å². The number of hydrogen-bond donors (Lipinski definition) is 1. The summed E-state index contributed by atoms with van der Waals surface area (Å²) in [7, 11) is 0. The van der Waals surface area contributed by atoms with Crippen LogP contribution in [0.1, 0.15) is 25.4 Å². The molecule has 2 heterocycles. The van der Waals surface area contributed by atoms with E-state index < -0.39 is 0 Å². The predicted molar refractivity (Wildman–Crippen MR) is 91.4 cm³/mol. The molecule has 0 aliphatic heterocycles. The number of benzene rings is 1. The molecule has 1 N–H and O–H groups in total. The van der Waals surface area contributed by atoms with Crippen molar-refractivity contribution in [2.45, 2.75) is 34.2 Å². The molecular formula is C17H21N5O. The van der Waals surface area contributed by atoms with E-state index in [1.54, 1.807) is 0 Å². The second-order valence-electron chi connectivity index (χ2n) is 5.30. The van der Waals surface area contributed by atoms with Crippen LogP contribution in [0.5, 0.6) is 5.75 Å². The molecule has 6 nitrogen and oxygen atoms in total. The number of fused-ring (bicyclic) bond motifs is 1. The highest BCUT2D eigenvalue weighted by atomic mass is 16.5. The highest BCUT2D eigenvalue weighted by Gasteiger charge is 2.15. The maximum atomic E-state index is 5.47. The number of hydrogen-bond acceptors (Lipinski definition) is 5. The van der Waals surface area contributed by atoms with Crippen LogP contribution in [0.2, 0.25) is 0 Å². The Kier molecular flexibility index (Phi) is 4.14. The van der Waals surface area contributed by atoms with Gasteiger partial charge in [0.05, 0.1) is 12.3 Å². The summed E-state index contributed by atoms with van der Waals surface area (Å²) >= 11 is 0. The molecule has 0 atom stereocenters. The molecule has 120 valence electrons. The van der Waals surface area contributed by atoms with Crippen molar-refractivity contribution in [1.82, 2.24) is 19.7 Å². The first-order chi connectivity index (χ1) is 11.1. The third kappa shape index (κ3) is 2.97. The number of aryl methyl sites for hydroxylation is 3. The number of rotatable bonds is 5. The van der Waals surface area contributed by atoms with Crippen molar-refractivity contribution < 1.29 is 4.74 Å². The molecule has 0 saturated heterocycles. The summed E-state index contributed by atoms with van der Waals surface area (Å²) in [5, 5.41) is 7.92. The van der Waals surface area contributed by atoms with Gasteiger partial charge >= 0.3 is 0 Å². The van der Waals surface area contributed by atoms with Crippen LogP contribution in [0.4, 0.5) is 11.5 Å². The number of ether oxygens (including phenoxy) is 1. The smallest absolute Gasteiger partial charge is 0.160 e. The van der Waals surface area contributed by atoms with Gasteiger partial charge in [-0.3, -0.25) is 4.68 Å². The van der Waals surface area contributed by atoms with Crippen molar-refractivity contribution in [3.8, 4) is 5.75 Å². The Labute approximate surface area is 135 Å². The van der Waals surface area contributed by atoms with E-state index in [0.717, 1.165) is 46.4 Å². The monoisotopic (exact) mass is 311 g/mol. The Bertz CT molecular complexity index is 823. The van der Waals surface area contributed by atoms with Gasteiger partial charge in [0.1, 0.15) is 22.6 Å². The second kappa shape index (κ2) is 6.24. The molecule has 6 heteroatoms. The second-order valence-corrected chi connectivity index (χ2v) is 5.30. The van der Waals surface area contributed by atoms with E-state index in [0.29, 0.717) is 6.61 Å². The van der Waals surface area contributed by atoms with Crippen molar-refractivity contribution in [1.29, 1.82) is 0 Å². The Hall–Kier alpha value is -2.63. The van der Waals surface area contributed by atoms with E-state index >= 15 is 0 Å². The topological polar surface area (TPSA) is 64.9 Å². The van der Waals surface area contributed by atoms with E-state index in [1.165, 1.54) is 0 Å². The lowest BCUT2D eigenvalue weighted by atomic mass is 10.3. The predicted octanol–water partition coefficient (Wildman–Crippen LogP) is 3.61. The summed E-state index contributed by atoms with van der Waals surface area (Å²) in [6.07, 6.45) is 0. The Morgan fingerprint density at radius 2 is 1.83 bits per heavy atom. The molecule has 0 fully saturated rings. The summed E-state index contributed by atoms with van der Waals surface area (Å²) in [6.45, 7) is 9.34. The molecule has 3 rings (SSSR count). The molecule has 0 spiro atoms. The summed E-state index contributed by atoms with van der Waals surface area (Å²) < 4.78 is 7.40. The lowest BCUT2D eigenvalue weighted by molar-refractivity contribution is 0.340. The third-order valence-electron chi connectivity index (χ3n) is 3.59. The van der Waals surface area contributed by atoms with E-state index in [1.807, 2.05) is 49.7 Å². The quantitative estimate of drug-likeness (QED) is 0.780. The van der Waals surface area contributed by atoms with Gasteiger partial charge in [0.2, 0.25) is 0 Å². The van der Waals surface area contributed by atoms with Crippen molar-refractivity contribution in [2.75, 3.05) is 11.9 Å². The molecule has 1 aromatic carbocycles. The van der Waals surface area contributed by atoms with Gasteiger partial charge < -0.3 is 10.1 Å². The van der Waals surface area contributed by atoms with Gasteiger partial charge in [-0.15, -0.1) is 0 Å². The molecule has 0 aliphatic carbocycles. The van der Waals surface area contributed by atoms with Crippen molar-refractivity contribution in [3.63, 3.8) is 0 Å². The highest BCUT2D eigenvalue weighted by molar-refractivity contribution is 5.89. The van der Waals surface area contributed by atoms with Crippen LogP contribution >= 0.6 is 0 Å². The maximum Gasteiger partial charge on any atom is 0.160 e. The van der Waals surface area contributed by atoms with Crippen LogP contribution in [0, 0.1) is 13.8 Å². The van der Waals surface area contributed by atoms with E-state index in [2.05, 4.69) is 27.3 Å². The zero-order chi connectivity index (χ0) is 16.4. The molecule has 0 amide bonds. The molecule has 0 unspecified atom stereocenters. The average molecular weight is 311 g/mol. The van der Waals surface area contributed by atoms with Gasteiger partial charge in [0, 0.05) is 12.2 Å². The number of nitrogens with zero attached hydrogens (tertiary/aromatic N) is 4. The first-order valence-electron chi connectivity index (χ1n) is 7.84. The molecule has 3 aromatic rings. The Morgan fingerprint density at radius 3 is 2.48 bits per heavy atom. The van der Waals surface area contributed by atoms with Crippen LogP contribution in [-0.4, -0.2) is 26.4 Å². The van der Waals surface area contributed by atoms with Crippen LogP contribution in [0.3, 0.4) is 0 Å². The largest absolute Gasteiger partial charge is 0.494 e. The van der Waals surface area contributed by atoms with Gasteiger partial charge in [-0.2, -0.15) is 5.10 Å². The van der Waals surface area contributed by atoms with Gasteiger partial charge in [0.15, 0.2) is 5.82 Å². The maximum absolute atomic E-state index is 5.47. The lowest BCUT2D eigenvalue weighted by Crippen LogP contribution is -2.03. The fourth-order valence-electron chi connectivity index (χ4n) is 2.60. The van der Waals surface area contributed by atoms with Gasteiger partial charge in [-0.05, 0) is 52.0 Å². The highest BCUT2D eigenvalue weighted by Crippen LogP contribution is 2.26. The zero-order valence-electron chi connectivity index (χ0n) is 13.9. The first-order valence-corrected chi connectivity index (χ1v) is 7.84. The average Bonchev–Trinajstić information content (AvgIpc) is 2.86. The summed E-state index contributed by atoms with van der Waals surface area (Å²) in [6, 6.07) is 7.85. The van der Waals surface area contributed by atoms with Crippen molar-refractivity contribution >= 4 is 22.5 Å². The molecule has 0 aliphatic rings. The minimum absolute atomic E-state index is 0.660. The van der Waals surface area contributed by atoms with Crippen molar-refractivity contribution in [3.05, 3.63) is 35.8 Å². The summed E-state index contributed by atoms with van der Waals surface area (Å²) in [5.74, 6) is 2.36. The Morgan fingerprint density at radius 1 is 1.09 bits per heavy atom. The summed E-state index contributed by atoms with van der Waals surface area (Å²) in [4.78, 5) is 9.09. The van der Waals surface area contributed by atoms with Gasteiger partial charge in [0.25, 0.3) is 0 Å². The minimum atomic E-state index is 0.660. The fraction of sp³-hybridized carbons (Fsp3) is 0.353. The molecule has 0 radical (unpaired) electrons. The fourth-order valence-corrected chi connectivity index (χ4v) is 2.60. The third-order valence-corrected chi connectivity index (χ3v) is 3.59. The molecule has 0 saturated carbocycles. The number of anilines is 2. The molecule has 0 bridgehead atoms. The van der Waals surface area contributed by atoms with Crippen LogP contribution in [0.15, 0.2) is 24.3 Å². The first kappa shape index (κ1) is 15.3. The van der Waals surface area contributed by atoms with Crippen LogP contribution in [0.25, 0.3) is 11.0 Å². The SMILES string of the molecule is CCOc1ccc(Nc2nc(C)nc3c(C)nn(CC)c23)cc1. The summed E-state index contributed by atoms with van der Waals surface area (Å²) in [5.41, 5.74) is 3.70. The normalized spacial score (nSPS) is 11.0. The number of aromatic nitrogens is 4. The molecular weight excluding hydrogens is 290 g/mol. The number of nitrogens with one attached hydrogen (secondary N) is 1. The van der Waals surface area contributed by atoms with Gasteiger partial charge in [-0.1, -0.05) is 0 Å². The minimum Gasteiger partial charge on any atom is -0.494 e. The van der Waals surface area contributed by atoms with Crippen LogP contribution < -0.4 is 10.1 Å². The molecule has 23 heavy (non-hydrogen) atoms.